The maximum atomic E-state index is 9.32. The molecule has 0 aromatic heterocycles. The second-order valence-electron chi connectivity index (χ2n) is 6.12. The molecule has 2 heteroatoms. The average molecular weight is 256 g/mol. The number of nitrogens with zero attached hydrogens (tertiary/aromatic N) is 2. The lowest BCUT2D eigenvalue weighted by molar-refractivity contribution is 0.125. The van der Waals surface area contributed by atoms with Crippen molar-refractivity contribution >= 4 is 0 Å². The quantitative estimate of drug-likeness (QED) is 0.823. The highest BCUT2D eigenvalue weighted by Gasteiger charge is 2.31. The lowest BCUT2D eigenvalue weighted by Crippen LogP contribution is -2.41. The van der Waals surface area contributed by atoms with Crippen LogP contribution < -0.4 is 0 Å². The van der Waals surface area contributed by atoms with Crippen LogP contribution in [0.25, 0.3) is 0 Å². The normalized spacial score (nSPS) is 27.2. The lowest BCUT2D eigenvalue weighted by Gasteiger charge is -2.37. The zero-order valence-corrected chi connectivity index (χ0v) is 12.3. The van der Waals surface area contributed by atoms with Gasteiger partial charge in [-0.05, 0) is 44.7 Å². The van der Waals surface area contributed by atoms with E-state index in [9.17, 15) is 5.26 Å². The fourth-order valence-corrected chi connectivity index (χ4v) is 3.09. The zero-order chi connectivity index (χ0) is 13.8. The molecule has 0 heterocycles. The van der Waals surface area contributed by atoms with Crippen molar-refractivity contribution in [2.75, 3.05) is 7.05 Å². The predicted molar refractivity (Wildman–Crippen MR) is 78.6 cm³/mol. The Hall–Kier alpha value is -1.33. The van der Waals surface area contributed by atoms with E-state index in [0.717, 1.165) is 25.3 Å². The average Bonchev–Trinajstić information content (AvgIpc) is 2.41. The summed E-state index contributed by atoms with van der Waals surface area (Å²) in [5, 5.41) is 9.32. The van der Waals surface area contributed by atoms with Crippen LogP contribution in [0.3, 0.4) is 0 Å². The first kappa shape index (κ1) is 14.1. The monoisotopic (exact) mass is 256 g/mol. The maximum absolute atomic E-state index is 9.32. The summed E-state index contributed by atoms with van der Waals surface area (Å²) in [5.41, 5.74) is 2.63. The Labute approximate surface area is 117 Å². The molecule has 1 aliphatic carbocycles. The van der Waals surface area contributed by atoms with Crippen LogP contribution >= 0.6 is 0 Å². The Morgan fingerprint density at radius 2 is 1.95 bits per heavy atom. The second-order valence-corrected chi connectivity index (χ2v) is 6.12. The molecule has 0 saturated heterocycles. The van der Waals surface area contributed by atoms with Crippen LogP contribution in [0.2, 0.25) is 0 Å². The van der Waals surface area contributed by atoms with E-state index < -0.39 is 0 Å². The smallest absolute Gasteiger partial charge is 0.0672 e. The highest BCUT2D eigenvalue weighted by molar-refractivity contribution is 5.21. The largest absolute Gasteiger partial charge is 0.298 e. The molecule has 19 heavy (non-hydrogen) atoms. The SMILES string of the molecule is Cc1ccc(CN(C)C2CC(C)CCC2C#N)cc1. The van der Waals surface area contributed by atoms with Crippen molar-refractivity contribution < 1.29 is 0 Å². The fraction of sp³-hybridized carbons (Fsp3) is 0.588. The molecule has 2 rings (SSSR count). The second kappa shape index (κ2) is 6.21. The van der Waals surface area contributed by atoms with E-state index in [0.29, 0.717) is 6.04 Å². The number of aryl methyl sites for hydroxylation is 1. The summed E-state index contributed by atoms with van der Waals surface area (Å²) >= 11 is 0. The van der Waals surface area contributed by atoms with Gasteiger partial charge in [-0.1, -0.05) is 36.8 Å². The Morgan fingerprint density at radius 3 is 2.58 bits per heavy atom. The highest BCUT2D eigenvalue weighted by atomic mass is 15.1. The van der Waals surface area contributed by atoms with Gasteiger partial charge >= 0.3 is 0 Å². The van der Waals surface area contributed by atoms with Gasteiger partial charge < -0.3 is 0 Å². The van der Waals surface area contributed by atoms with Gasteiger partial charge in [0.15, 0.2) is 0 Å². The van der Waals surface area contributed by atoms with Crippen molar-refractivity contribution in [1.29, 1.82) is 5.26 Å². The van der Waals surface area contributed by atoms with E-state index in [-0.39, 0.29) is 5.92 Å². The van der Waals surface area contributed by atoms with Gasteiger partial charge in [0.25, 0.3) is 0 Å². The van der Waals surface area contributed by atoms with Crippen molar-refractivity contribution in [2.24, 2.45) is 11.8 Å². The van der Waals surface area contributed by atoms with Crippen LogP contribution in [0.4, 0.5) is 0 Å². The lowest BCUT2D eigenvalue weighted by atomic mass is 9.79. The zero-order valence-electron chi connectivity index (χ0n) is 12.3. The molecule has 0 aliphatic heterocycles. The summed E-state index contributed by atoms with van der Waals surface area (Å²) in [6.07, 6.45) is 3.41. The van der Waals surface area contributed by atoms with Crippen LogP contribution in [0.1, 0.15) is 37.3 Å². The molecule has 1 fully saturated rings. The van der Waals surface area contributed by atoms with Crippen LogP contribution in [0.15, 0.2) is 24.3 Å². The van der Waals surface area contributed by atoms with Crippen molar-refractivity contribution in [3.05, 3.63) is 35.4 Å². The van der Waals surface area contributed by atoms with E-state index in [1.165, 1.54) is 17.5 Å². The minimum atomic E-state index is 0.201. The topological polar surface area (TPSA) is 27.0 Å². The first-order valence-electron chi connectivity index (χ1n) is 7.25. The van der Waals surface area contributed by atoms with Gasteiger partial charge in [0.2, 0.25) is 0 Å². The summed E-state index contributed by atoms with van der Waals surface area (Å²) in [6, 6.07) is 11.6. The Bertz CT molecular complexity index is 443. The molecule has 0 spiro atoms. The van der Waals surface area contributed by atoms with Gasteiger partial charge in [-0.3, -0.25) is 4.90 Å². The minimum absolute atomic E-state index is 0.201. The fourth-order valence-electron chi connectivity index (χ4n) is 3.09. The molecule has 0 N–H and O–H groups in total. The van der Waals surface area contributed by atoms with Gasteiger partial charge in [0.1, 0.15) is 0 Å². The maximum Gasteiger partial charge on any atom is 0.0672 e. The molecule has 1 aromatic carbocycles. The highest BCUT2D eigenvalue weighted by Crippen LogP contribution is 2.31. The molecule has 3 unspecified atom stereocenters. The van der Waals surface area contributed by atoms with Gasteiger partial charge in [0.05, 0.1) is 12.0 Å². The van der Waals surface area contributed by atoms with Gasteiger partial charge in [-0.2, -0.15) is 5.26 Å². The summed E-state index contributed by atoms with van der Waals surface area (Å²) in [6.45, 7) is 5.36. The molecule has 0 amide bonds. The number of rotatable bonds is 3. The Balaban J connectivity index is 2.03. The van der Waals surface area contributed by atoms with E-state index in [2.05, 4.69) is 56.1 Å². The van der Waals surface area contributed by atoms with Crippen LogP contribution in [-0.4, -0.2) is 18.0 Å². The van der Waals surface area contributed by atoms with Gasteiger partial charge in [-0.15, -0.1) is 0 Å². The van der Waals surface area contributed by atoms with E-state index >= 15 is 0 Å². The third-order valence-corrected chi connectivity index (χ3v) is 4.36. The van der Waals surface area contributed by atoms with Crippen LogP contribution in [-0.2, 0) is 6.54 Å². The van der Waals surface area contributed by atoms with Crippen LogP contribution in [0.5, 0.6) is 0 Å². The molecule has 0 radical (unpaired) electrons. The predicted octanol–water partition coefficient (Wildman–Crippen LogP) is 3.76. The molecule has 0 bridgehead atoms. The first-order valence-corrected chi connectivity index (χ1v) is 7.25. The van der Waals surface area contributed by atoms with E-state index in [1.54, 1.807) is 0 Å². The van der Waals surface area contributed by atoms with Crippen molar-refractivity contribution in [1.82, 2.24) is 4.90 Å². The molecule has 1 saturated carbocycles. The summed E-state index contributed by atoms with van der Waals surface area (Å²) in [5.74, 6) is 0.946. The molecular weight excluding hydrogens is 232 g/mol. The van der Waals surface area contributed by atoms with E-state index in [1.807, 2.05) is 0 Å². The Kier molecular flexibility index (Phi) is 4.61. The van der Waals surface area contributed by atoms with Crippen molar-refractivity contribution in [3.8, 4) is 6.07 Å². The van der Waals surface area contributed by atoms with Gasteiger partial charge in [0, 0.05) is 12.6 Å². The van der Waals surface area contributed by atoms with Crippen LogP contribution in [0, 0.1) is 30.1 Å². The Morgan fingerprint density at radius 1 is 1.26 bits per heavy atom. The van der Waals surface area contributed by atoms with E-state index in [4.69, 9.17) is 0 Å². The summed E-state index contributed by atoms with van der Waals surface area (Å²) < 4.78 is 0. The molecule has 3 atom stereocenters. The number of nitriles is 1. The molecular formula is C17H24N2. The number of hydrogen-bond acceptors (Lipinski definition) is 2. The summed E-state index contributed by atoms with van der Waals surface area (Å²) in [4.78, 5) is 2.37. The molecule has 2 nitrogen and oxygen atoms in total. The minimum Gasteiger partial charge on any atom is -0.298 e. The molecule has 1 aliphatic rings. The first-order chi connectivity index (χ1) is 9.10. The third-order valence-electron chi connectivity index (χ3n) is 4.36. The third kappa shape index (κ3) is 3.58. The standard InChI is InChI=1S/C17H24N2/c1-13-4-7-15(8-5-13)12-19(3)17-10-14(2)6-9-16(17)11-18/h4-5,7-8,14,16-17H,6,9-10,12H2,1-3H3. The van der Waals surface area contributed by atoms with Gasteiger partial charge in [-0.25, -0.2) is 0 Å². The number of benzene rings is 1. The number of hydrogen-bond donors (Lipinski definition) is 0. The summed E-state index contributed by atoms with van der Waals surface area (Å²) in [7, 11) is 2.16. The van der Waals surface area contributed by atoms with Crippen molar-refractivity contribution in [2.45, 2.75) is 45.7 Å². The van der Waals surface area contributed by atoms with Crippen molar-refractivity contribution in [3.63, 3.8) is 0 Å². The molecule has 102 valence electrons. The molecule has 1 aromatic rings.